The van der Waals surface area contributed by atoms with Crippen molar-refractivity contribution < 1.29 is 9.53 Å². The van der Waals surface area contributed by atoms with Gasteiger partial charge in [0, 0.05) is 18.1 Å². The first-order valence-corrected chi connectivity index (χ1v) is 7.24. The number of carbonyl (C=O) groups excluding carboxylic acids is 1. The van der Waals surface area contributed by atoms with Crippen LogP contribution >= 0.6 is 15.9 Å². The van der Waals surface area contributed by atoms with Gasteiger partial charge in [0.05, 0.1) is 24.0 Å². The Morgan fingerprint density at radius 3 is 2.48 bits per heavy atom. The number of methoxy groups -OCH3 is 1. The van der Waals surface area contributed by atoms with Crippen molar-refractivity contribution in [3.8, 4) is 0 Å². The Balaban J connectivity index is 2.12. The Kier molecular flexibility index (Phi) is 4.85. The lowest BCUT2D eigenvalue weighted by molar-refractivity contribution is 0.0600. The fourth-order valence-corrected chi connectivity index (χ4v) is 2.47. The highest BCUT2D eigenvalue weighted by molar-refractivity contribution is 9.10. The number of benzene rings is 2. The smallest absolute Gasteiger partial charge is 0.337 e. The van der Waals surface area contributed by atoms with Crippen LogP contribution in [0.1, 0.15) is 15.9 Å². The van der Waals surface area contributed by atoms with Crippen LogP contribution in [0.4, 0.5) is 11.4 Å². The van der Waals surface area contributed by atoms with E-state index >= 15 is 0 Å². The van der Waals surface area contributed by atoms with Crippen molar-refractivity contribution in [2.75, 3.05) is 24.8 Å². The van der Waals surface area contributed by atoms with Crippen LogP contribution < -0.4 is 10.6 Å². The highest BCUT2D eigenvalue weighted by atomic mass is 79.9. The number of nitrogen functional groups attached to an aromatic ring is 1. The van der Waals surface area contributed by atoms with E-state index in [2.05, 4.69) is 25.6 Å². The van der Waals surface area contributed by atoms with E-state index in [0.717, 1.165) is 21.4 Å². The molecule has 2 aromatic carbocycles. The first-order valence-electron chi connectivity index (χ1n) is 6.44. The Bertz CT molecular complexity index is 641. The molecule has 0 unspecified atom stereocenters. The molecule has 0 aliphatic heterocycles. The lowest BCUT2D eigenvalue weighted by Gasteiger charge is -2.21. The fourth-order valence-electron chi connectivity index (χ4n) is 2.10. The first kappa shape index (κ1) is 15.4. The molecule has 0 amide bonds. The average Bonchev–Trinajstić information content (AvgIpc) is 2.47. The second-order valence-electron chi connectivity index (χ2n) is 4.75. The minimum atomic E-state index is -0.327. The number of esters is 1. The number of nitrogens with two attached hydrogens (primary N) is 1. The van der Waals surface area contributed by atoms with Gasteiger partial charge in [-0.1, -0.05) is 28.1 Å². The van der Waals surface area contributed by atoms with Crippen molar-refractivity contribution in [3.63, 3.8) is 0 Å². The zero-order valence-electron chi connectivity index (χ0n) is 12.0. The van der Waals surface area contributed by atoms with Gasteiger partial charge in [0.1, 0.15) is 0 Å². The number of carbonyl (C=O) groups is 1. The second-order valence-corrected chi connectivity index (χ2v) is 5.66. The highest BCUT2D eigenvalue weighted by Crippen LogP contribution is 2.26. The van der Waals surface area contributed by atoms with Crippen LogP contribution in [-0.2, 0) is 11.3 Å². The number of anilines is 2. The standard InChI is InChI=1S/C16H17BrN2O2/c1-19(15-8-7-13(17)9-14(15)18)10-11-3-5-12(6-4-11)16(20)21-2/h3-9H,10,18H2,1-2H3. The molecule has 2 rings (SSSR count). The van der Waals surface area contributed by atoms with Gasteiger partial charge in [-0.2, -0.15) is 0 Å². The number of rotatable bonds is 4. The number of nitrogens with zero attached hydrogens (tertiary/aromatic N) is 1. The maximum Gasteiger partial charge on any atom is 0.337 e. The molecule has 2 N–H and O–H groups in total. The van der Waals surface area contributed by atoms with Gasteiger partial charge < -0.3 is 15.4 Å². The molecule has 4 nitrogen and oxygen atoms in total. The van der Waals surface area contributed by atoms with Crippen molar-refractivity contribution >= 4 is 33.3 Å². The Morgan fingerprint density at radius 2 is 1.90 bits per heavy atom. The van der Waals surface area contributed by atoms with Crippen molar-refractivity contribution in [2.24, 2.45) is 0 Å². The van der Waals surface area contributed by atoms with Gasteiger partial charge in [-0.25, -0.2) is 4.79 Å². The normalized spacial score (nSPS) is 10.2. The van der Waals surface area contributed by atoms with E-state index in [9.17, 15) is 4.79 Å². The predicted molar refractivity (Wildman–Crippen MR) is 88.4 cm³/mol. The van der Waals surface area contributed by atoms with Crippen molar-refractivity contribution in [3.05, 3.63) is 58.1 Å². The fraction of sp³-hybridized carbons (Fsp3) is 0.188. The minimum Gasteiger partial charge on any atom is -0.465 e. The topological polar surface area (TPSA) is 55.6 Å². The van der Waals surface area contributed by atoms with E-state index in [1.165, 1.54) is 7.11 Å². The van der Waals surface area contributed by atoms with Gasteiger partial charge in [-0.3, -0.25) is 0 Å². The molecule has 0 aliphatic carbocycles. The van der Waals surface area contributed by atoms with Gasteiger partial charge in [0.2, 0.25) is 0 Å². The predicted octanol–water partition coefficient (Wildman–Crippen LogP) is 3.45. The quantitative estimate of drug-likeness (QED) is 0.679. The van der Waals surface area contributed by atoms with E-state index in [-0.39, 0.29) is 5.97 Å². The summed E-state index contributed by atoms with van der Waals surface area (Å²) >= 11 is 3.40. The molecular weight excluding hydrogens is 332 g/mol. The van der Waals surface area contributed by atoms with E-state index in [0.29, 0.717) is 12.1 Å². The van der Waals surface area contributed by atoms with E-state index < -0.39 is 0 Å². The largest absolute Gasteiger partial charge is 0.465 e. The third-order valence-electron chi connectivity index (χ3n) is 3.20. The van der Waals surface area contributed by atoms with Crippen molar-refractivity contribution in [1.29, 1.82) is 0 Å². The SMILES string of the molecule is COC(=O)c1ccc(CN(C)c2ccc(Br)cc2N)cc1. The average molecular weight is 349 g/mol. The minimum absolute atomic E-state index is 0.327. The van der Waals surface area contributed by atoms with Crippen LogP contribution in [0.25, 0.3) is 0 Å². The summed E-state index contributed by atoms with van der Waals surface area (Å²) in [6, 6.07) is 13.2. The molecule has 0 aliphatic rings. The lowest BCUT2D eigenvalue weighted by Crippen LogP contribution is -2.17. The summed E-state index contributed by atoms with van der Waals surface area (Å²) in [6.45, 7) is 0.702. The van der Waals surface area contributed by atoms with Crippen molar-refractivity contribution in [1.82, 2.24) is 0 Å². The lowest BCUT2D eigenvalue weighted by atomic mass is 10.1. The summed E-state index contributed by atoms with van der Waals surface area (Å²) in [5.74, 6) is -0.327. The molecule has 0 spiro atoms. The summed E-state index contributed by atoms with van der Waals surface area (Å²) in [7, 11) is 3.36. The Hall–Kier alpha value is -2.01. The Morgan fingerprint density at radius 1 is 1.24 bits per heavy atom. The maximum atomic E-state index is 11.4. The number of hydrogen-bond acceptors (Lipinski definition) is 4. The third kappa shape index (κ3) is 3.76. The summed E-state index contributed by atoms with van der Waals surface area (Å²) in [5.41, 5.74) is 9.35. The monoisotopic (exact) mass is 348 g/mol. The molecule has 110 valence electrons. The number of ether oxygens (including phenoxy) is 1. The Labute approximate surface area is 132 Å². The zero-order valence-corrected chi connectivity index (χ0v) is 13.6. The number of hydrogen-bond donors (Lipinski definition) is 1. The van der Waals surface area contributed by atoms with Crippen LogP contribution in [0.5, 0.6) is 0 Å². The van der Waals surface area contributed by atoms with Crippen molar-refractivity contribution in [2.45, 2.75) is 6.54 Å². The molecule has 21 heavy (non-hydrogen) atoms. The molecule has 0 fully saturated rings. The molecule has 0 radical (unpaired) electrons. The molecule has 0 heterocycles. The maximum absolute atomic E-state index is 11.4. The summed E-state index contributed by atoms with van der Waals surface area (Å²) in [5, 5.41) is 0. The van der Waals surface area contributed by atoms with Gasteiger partial charge >= 0.3 is 5.97 Å². The van der Waals surface area contributed by atoms with Crippen LogP contribution in [0.15, 0.2) is 46.9 Å². The first-order chi connectivity index (χ1) is 10.0. The molecule has 2 aromatic rings. The zero-order chi connectivity index (χ0) is 15.4. The molecular formula is C16H17BrN2O2. The molecule has 0 bridgehead atoms. The van der Waals surface area contributed by atoms with Crippen LogP contribution in [-0.4, -0.2) is 20.1 Å². The van der Waals surface area contributed by atoms with Gasteiger partial charge in [0.25, 0.3) is 0 Å². The van der Waals surface area contributed by atoms with Crippen LogP contribution in [0.2, 0.25) is 0 Å². The third-order valence-corrected chi connectivity index (χ3v) is 3.69. The van der Waals surface area contributed by atoms with E-state index in [1.54, 1.807) is 12.1 Å². The molecule has 0 atom stereocenters. The van der Waals surface area contributed by atoms with Gasteiger partial charge in [-0.15, -0.1) is 0 Å². The second kappa shape index (κ2) is 6.63. The molecule has 0 aromatic heterocycles. The van der Waals surface area contributed by atoms with E-state index in [4.69, 9.17) is 5.73 Å². The van der Waals surface area contributed by atoms with E-state index in [1.807, 2.05) is 37.4 Å². The van der Waals surface area contributed by atoms with Gasteiger partial charge in [0.15, 0.2) is 0 Å². The molecule has 5 heteroatoms. The van der Waals surface area contributed by atoms with Crippen LogP contribution in [0.3, 0.4) is 0 Å². The summed E-state index contributed by atoms with van der Waals surface area (Å²) in [6.07, 6.45) is 0. The highest BCUT2D eigenvalue weighted by Gasteiger charge is 2.08. The van der Waals surface area contributed by atoms with Gasteiger partial charge in [-0.05, 0) is 35.9 Å². The summed E-state index contributed by atoms with van der Waals surface area (Å²) in [4.78, 5) is 13.5. The summed E-state index contributed by atoms with van der Waals surface area (Å²) < 4.78 is 5.64. The van der Waals surface area contributed by atoms with Crippen LogP contribution in [0, 0.1) is 0 Å². The molecule has 0 saturated carbocycles. The number of halogens is 1. The molecule has 0 saturated heterocycles.